The SMILES string of the molecule is Nc1ccc(-c2ccc(N)c(C(Br)(Br)Br)c2)cc1C(Br)(Br)Br.Nc1ccc(C(Br)(Br)Br)c(-c2cc(N)ccc2C(Br)(Br)Br)c1. The Hall–Kier alpha value is 1.84. The normalized spacial score (nSPS) is 12.5. The third-order valence-electron chi connectivity index (χ3n) is 6.04. The smallest absolute Gasteiger partial charge is 0.161 e. The number of benzene rings is 4. The van der Waals surface area contributed by atoms with E-state index in [0.717, 1.165) is 44.5 Å². The summed E-state index contributed by atoms with van der Waals surface area (Å²) in [5.74, 6) is 0. The fraction of sp³-hybridized carbons (Fsp3) is 0.143. The minimum Gasteiger partial charge on any atom is -0.399 e. The number of hydrogen-bond acceptors (Lipinski definition) is 4. The van der Waals surface area contributed by atoms with Crippen LogP contribution in [0.25, 0.3) is 22.3 Å². The summed E-state index contributed by atoms with van der Waals surface area (Å²) >= 11 is 42.6. The summed E-state index contributed by atoms with van der Waals surface area (Å²) < 4.78 is -2.25. The van der Waals surface area contributed by atoms with E-state index in [-0.39, 0.29) is 0 Å². The van der Waals surface area contributed by atoms with Gasteiger partial charge in [0.25, 0.3) is 0 Å². The molecule has 236 valence electrons. The summed E-state index contributed by atoms with van der Waals surface area (Å²) in [6, 6.07) is 23.2. The highest BCUT2D eigenvalue weighted by Gasteiger charge is 2.30. The van der Waals surface area contributed by atoms with Crippen LogP contribution in [-0.4, -0.2) is 0 Å². The quantitative estimate of drug-likeness (QED) is 0.119. The molecule has 16 heteroatoms. The lowest BCUT2D eigenvalue weighted by Crippen LogP contribution is -2.07. The summed E-state index contributed by atoms with van der Waals surface area (Å²) in [7, 11) is 0. The Balaban J connectivity index is 0.000000240. The van der Waals surface area contributed by atoms with E-state index in [1.54, 1.807) is 0 Å². The highest BCUT2D eigenvalue weighted by molar-refractivity contribution is 9.39. The van der Waals surface area contributed by atoms with Crippen LogP contribution in [0.4, 0.5) is 22.7 Å². The van der Waals surface area contributed by atoms with Crippen LogP contribution in [0.3, 0.4) is 0 Å². The van der Waals surface area contributed by atoms with Crippen LogP contribution in [0.2, 0.25) is 0 Å². The molecule has 0 aromatic heterocycles. The monoisotopic (exact) mass is 1360 g/mol. The van der Waals surface area contributed by atoms with Crippen molar-refractivity contribution >= 4 is 214 Å². The lowest BCUT2D eigenvalue weighted by Gasteiger charge is -2.23. The third-order valence-corrected chi connectivity index (χ3v) is 11.2. The molecule has 0 unspecified atom stereocenters. The molecule has 4 rings (SSSR count). The summed E-state index contributed by atoms with van der Waals surface area (Å²) in [5.41, 5.74) is 34.5. The van der Waals surface area contributed by atoms with Crippen LogP contribution in [0.5, 0.6) is 0 Å². The average molecular weight is 1370 g/mol. The van der Waals surface area contributed by atoms with Crippen LogP contribution >= 0.6 is 191 Å². The highest BCUT2D eigenvalue weighted by Crippen LogP contribution is 2.53. The first-order chi connectivity index (χ1) is 20.0. The van der Waals surface area contributed by atoms with E-state index in [9.17, 15) is 0 Å². The standard InChI is InChI=1S/2C14H10Br6N2/c15-13(16,17)11-3-1-7(21)5-9(11)10-6-8(22)2-4-12(10)14(18,19)20;15-13(16,17)9-5-7(1-3-11(9)21)8-2-4-12(22)10(6-8)14(18,19)20/h2*1-6H,21-22H2. The topological polar surface area (TPSA) is 104 Å². The van der Waals surface area contributed by atoms with Gasteiger partial charge in [0.05, 0.1) is 0 Å². The second-order valence-corrected chi connectivity index (χ2v) is 36.2. The molecule has 0 fully saturated rings. The molecule has 0 atom stereocenters. The first-order valence-corrected chi connectivity index (χ1v) is 21.4. The fourth-order valence-electron chi connectivity index (χ4n) is 4.03. The molecule has 0 radical (unpaired) electrons. The van der Waals surface area contributed by atoms with Gasteiger partial charge in [0.1, 0.15) is 0 Å². The summed E-state index contributed by atoms with van der Waals surface area (Å²) in [6.07, 6.45) is 0. The zero-order chi connectivity index (χ0) is 33.4. The zero-order valence-electron chi connectivity index (χ0n) is 21.8. The minimum atomic E-state index is -0.564. The Morgan fingerprint density at radius 2 is 0.636 bits per heavy atom. The molecule has 0 saturated carbocycles. The van der Waals surface area contributed by atoms with Gasteiger partial charge < -0.3 is 22.9 Å². The number of nitrogens with two attached hydrogens (primary N) is 4. The largest absolute Gasteiger partial charge is 0.399 e. The predicted molar refractivity (Wildman–Crippen MR) is 235 cm³/mol. The number of nitrogen functional groups attached to an aromatic ring is 4. The predicted octanol–water partition coefficient (Wildman–Crippen LogP) is 14.2. The second-order valence-electron chi connectivity index (χ2n) is 9.21. The molecule has 0 aliphatic heterocycles. The molecule has 4 nitrogen and oxygen atoms in total. The third kappa shape index (κ3) is 10.9. The van der Waals surface area contributed by atoms with Crippen LogP contribution < -0.4 is 22.9 Å². The zero-order valence-corrected chi connectivity index (χ0v) is 40.8. The van der Waals surface area contributed by atoms with E-state index in [4.69, 9.17) is 22.9 Å². The van der Waals surface area contributed by atoms with Gasteiger partial charge in [0, 0.05) is 33.9 Å². The lowest BCUT2D eigenvalue weighted by atomic mass is 9.95. The second kappa shape index (κ2) is 15.8. The van der Waals surface area contributed by atoms with Gasteiger partial charge in [0.2, 0.25) is 0 Å². The van der Waals surface area contributed by atoms with Crippen LogP contribution in [0.15, 0.2) is 72.8 Å². The van der Waals surface area contributed by atoms with Crippen molar-refractivity contribution in [1.29, 1.82) is 0 Å². The molecule has 0 aliphatic rings. The molecule has 0 heterocycles. The first-order valence-electron chi connectivity index (χ1n) is 11.9. The molecule has 0 amide bonds. The van der Waals surface area contributed by atoms with Gasteiger partial charge in [-0.25, -0.2) is 0 Å². The van der Waals surface area contributed by atoms with Gasteiger partial charge in [-0.05, 0) is 81.9 Å². The van der Waals surface area contributed by atoms with Crippen molar-refractivity contribution in [2.24, 2.45) is 0 Å². The van der Waals surface area contributed by atoms with Crippen molar-refractivity contribution in [1.82, 2.24) is 0 Å². The van der Waals surface area contributed by atoms with Crippen molar-refractivity contribution in [2.75, 3.05) is 22.9 Å². The Morgan fingerprint density at radius 1 is 0.341 bits per heavy atom. The Kier molecular flexibility index (Phi) is 14.5. The number of halogens is 12. The Bertz CT molecular complexity index is 1530. The maximum absolute atomic E-state index is 6.04. The molecule has 8 N–H and O–H groups in total. The van der Waals surface area contributed by atoms with Crippen molar-refractivity contribution in [2.45, 2.75) is 8.57 Å². The van der Waals surface area contributed by atoms with Gasteiger partial charge in [-0.2, -0.15) is 0 Å². The molecule has 4 aromatic carbocycles. The van der Waals surface area contributed by atoms with Crippen molar-refractivity contribution in [3.63, 3.8) is 0 Å². The molecule has 44 heavy (non-hydrogen) atoms. The van der Waals surface area contributed by atoms with Crippen LogP contribution in [0.1, 0.15) is 22.3 Å². The number of anilines is 4. The van der Waals surface area contributed by atoms with E-state index >= 15 is 0 Å². The van der Waals surface area contributed by atoms with Crippen molar-refractivity contribution < 1.29 is 0 Å². The van der Waals surface area contributed by atoms with Crippen molar-refractivity contribution in [3.8, 4) is 22.3 Å². The van der Waals surface area contributed by atoms with Crippen LogP contribution in [0, 0.1) is 0 Å². The van der Waals surface area contributed by atoms with Gasteiger partial charge in [-0.15, -0.1) is 0 Å². The summed E-state index contributed by atoms with van der Waals surface area (Å²) in [5, 5.41) is 0. The van der Waals surface area contributed by atoms with Gasteiger partial charge in [-0.3, -0.25) is 0 Å². The number of alkyl halides is 12. The van der Waals surface area contributed by atoms with E-state index < -0.39 is 8.57 Å². The molecule has 4 aromatic rings. The van der Waals surface area contributed by atoms with Crippen LogP contribution in [-0.2, 0) is 8.57 Å². The van der Waals surface area contributed by atoms with E-state index in [1.807, 2.05) is 72.8 Å². The summed E-state index contributed by atoms with van der Waals surface area (Å²) in [4.78, 5) is 0. The van der Waals surface area contributed by atoms with E-state index in [2.05, 4.69) is 191 Å². The molecule has 0 saturated heterocycles. The average Bonchev–Trinajstić information content (AvgIpc) is 2.87. The summed E-state index contributed by atoms with van der Waals surface area (Å²) in [6.45, 7) is 0. The molecule has 0 bridgehead atoms. The van der Waals surface area contributed by atoms with Gasteiger partial charge >= 0.3 is 0 Å². The molecular weight excluding hydrogens is 1350 g/mol. The molecule has 0 aliphatic carbocycles. The number of rotatable bonds is 2. The van der Waals surface area contributed by atoms with Gasteiger partial charge in [0.15, 0.2) is 8.57 Å². The fourth-order valence-corrected chi connectivity index (χ4v) is 8.16. The molecule has 0 spiro atoms. The lowest BCUT2D eigenvalue weighted by molar-refractivity contribution is 1.32. The van der Waals surface area contributed by atoms with Crippen molar-refractivity contribution in [3.05, 3.63) is 95.1 Å². The van der Waals surface area contributed by atoms with E-state index in [1.165, 1.54) is 0 Å². The minimum absolute atomic E-state index is 0.562. The Morgan fingerprint density at radius 3 is 0.909 bits per heavy atom. The number of hydrogen-bond donors (Lipinski definition) is 4. The van der Waals surface area contributed by atoms with E-state index in [0.29, 0.717) is 22.7 Å². The Labute approximate surface area is 357 Å². The molecular formula is C28H20Br12N4. The maximum atomic E-state index is 6.04. The van der Waals surface area contributed by atoms with Gasteiger partial charge in [-0.1, -0.05) is 215 Å². The maximum Gasteiger partial charge on any atom is 0.161 e. The first kappa shape index (κ1) is 40.3. The highest BCUT2D eigenvalue weighted by atomic mass is 80.0.